The summed E-state index contributed by atoms with van der Waals surface area (Å²) < 4.78 is 42.3. The van der Waals surface area contributed by atoms with Crippen LogP contribution in [0.3, 0.4) is 0 Å². The lowest BCUT2D eigenvalue weighted by Gasteiger charge is -2.13. The SMILES string of the molecule is COc1cc(C(F)(F)F)cc(CC#N)c1C=O. The summed E-state index contributed by atoms with van der Waals surface area (Å²) in [5.74, 6) is -0.180. The molecule has 0 radical (unpaired) electrons. The van der Waals surface area contributed by atoms with Crippen LogP contribution >= 0.6 is 0 Å². The third kappa shape index (κ3) is 2.75. The second kappa shape index (κ2) is 4.87. The molecule has 0 saturated heterocycles. The Morgan fingerprint density at radius 3 is 2.53 bits per heavy atom. The molecule has 0 bridgehead atoms. The fraction of sp³-hybridized carbons (Fsp3) is 0.273. The van der Waals surface area contributed by atoms with Crippen molar-refractivity contribution >= 4 is 6.29 Å². The Hall–Kier alpha value is -2.03. The minimum atomic E-state index is -4.54. The second-order valence-electron chi connectivity index (χ2n) is 3.20. The van der Waals surface area contributed by atoms with Crippen LogP contribution in [-0.4, -0.2) is 13.4 Å². The lowest BCUT2D eigenvalue weighted by Crippen LogP contribution is -2.08. The Morgan fingerprint density at radius 2 is 2.12 bits per heavy atom. The predicted octanol–water partition coefficient (Wildman–Crippen LogP) is 2.59. The van der Waals surface area contributed by atoms with Gasteiger partial charge in [0.2, 0.25) is 0 Å². The summed E-state index contributed by atoms with van der Waals surface area (Å²) >= 11 is 0. The van der Waals surface area contributed by atoms with Crippen LogP contribution in [0.5, 0.6) is 5.75 Å². The summed E-state index contributed by atoms with van der Waals surface area (Å²) in [5, 5.41) is 8.51. The first-order valence-corrected chi connectivity index (χ1v) is 4.54. The number of rotatable bonds is 3. The second-order valence-corrected chi connectivity index (χ2v) is 3.20. The largest absolute Gasteiger partial charge is 0.496 e. The number of alkyl halides is 3. The van der Waals surface area contributed by atoms with E-state index in [1.807, 2.05) is 0 Å². The van der Waals surface area contributed by atoms with Crippen LogP contribution in [0.2, 0.25) is 0 Å². The molecule has 0 amide bonds. The number of benzene rings is 1. The third-order valence-corrected chi connectivity index (χ3v) is 2.16. The highest BCUT2D eigenvalue weighted by Gasteiger charge is 2.32. The van der Waals surface area contributed by atoms with Crippen molar-refractivity contribution in [1.82, 2.24) is 0 Å². The van der Waals surface area contributed by atoms with Crippen LogP contribution in [0.25, 0.3) is 0 Å². The maximum absolute atomic E-state index is 12.5. The molecule has 0 spiro atoms. The van der Waals surface area contributed by atoms with Crippen molar-refractivity contribution < 1.29 is 22.7 Å². The van der Waals surface area contributed by atoms with Crippen LogP contribution < -0.4 is 4.74 Å². The first kappa shape index (κ1) is 13.0. The topological polar surface area (TPSA) is 50.1 Å². The van der Waals surface area contributed by atoms with E-state index in [2.05, 4.69) is 0 Å². The molecular formula is C11H8F3NO2. The van der Waals surface area contributed by atoms with Gasteiger partial charge in [-0.1, -0.05) is 0 Å². The number of nitriles is 1. The van der Waals surface area contributed by atoms with Crippen molar-refractivity contribution in [3.63, 3.8) is 0 Å². The van der Waals surface area contributed by atoms with Gasteiger partial charge in [-0.2, -0.15) is 18.4 Å². The van der Waals surface area contributed by atoms with Crippen LogP contribution in [0.15, 0.2) is 12.1 Å². The van der Waals surface area contributed by atoms with Gasteiger partial charge in [-0.15, -0.1) is 0 Å². The van der Waals surface area contributed by atoms with Crippen LogP contribution in [0.1, 0.15) is 21.5 Å². The number of halogens is 3. The number of hydrogen-bond acceptors (Lipinski definition) is 3. The summed E-state index contributed by atoms with van der Waals surface area (Å²) in [6.07, 6.45) is -4.45. The number of methoxy groups -OCH3 is 1. The molecule has 0 unspecified atom stereocenters. The van der Waals surface area contributed by atoms with Gasteiger partial charge in [-0.05, 0) is 17.7 Å². The minimum Gasteiger partial charge on any atom is -0.496 e. The molecule has 0 fully saturated rings. The molecule has 3 nitrogen and oxygen atoms in total. The molecule has 0 atom stereocenters. The molecule has 90 valence electrons. The Morgan fingerprint density at radius 1 is 1.47 bits per heavy atom. The average Bonchev–Trinajstić information content (AvgIpc) is 2.27. The van der Waals surface area contributed by atoms with Crippen LogP contribution in [0.4, 0.5) is 13.2 Å². The Kier molecular flexibility index (Phi) is 3.73. The number of carbonyl (C=O) groups excluding carboxylic acids is 1. The standard InChI is InChI=1S/C11H8F3NO2/c1-17-10-5-8(11(12,13)14)4-7(2-3-15)9(10)6-16/h4-6H,2H2,1H3. The lowest BCUT2D eigenvalue weighted by atomic mass is 10.0. The fourth-order valence-corrected chi connectivity index (χ4v) is 1.38. The van der Waals surface area contributed by atoms with Gasteiger partial charge >= 0.3 is 6.18 Å². The highest BCUT2D eigenvalue weighted by Crippen LogP contribution is 2.34. The van der Waals surface area contributed by atoms with E-state index in [1.54, 1.807) is 6.07 Å². The molecule has 17 heavy (non-hydrogen) atoms. The fourth-order valence-electron chi connectivity index (χ4n) is 1.38. The highest BCUT2D eigenvalue weighted by molar-refractivity contribution is 5.82. The minimum absolute atomic E-state index is 0.00850. The van der Waals surface area contributed by atoms with Crippen molar-refractivity contribution in [2.24, 2.45) is 0 Å². The van der Waals surface area contributed by atoms with Crippen molar-refractivity contribution in [3.8, 4) is 11.8 Å². The van der Waals surface area contributed by atoms with Crippen LogP contribution in [0, 0.1) is 11.3 Å². The molecule has 0 aliphatic heterocycles. The van der Waals surface area contributed by atoms with Crippen molar-refractivity contribution in [1.29, 1.82) is 5.26 Å². The van der Waals surface area contributed by atoms with Gasteiger partial charge in [0.05, 0.1) is 30.7 Å². The normalized spacial score (nSPS) is 10.8. The first-order valence-electron chi connectivity index (χ1n) is 4.54. The van der Waals surface area contributed by atoms with E-state index in [0.29, 0.717) is 6.29 Å². The zero-order valence-electron chi connectivity index (χ0n) is 8.84. The molecule has 1 rings (SSSR count). The summed E-state index contributed by atoms with van der Waals surface area (Å²) in [6.45, 7) is 0. The van der Waals surface area contributed by atoms with Crippen molar-refractivity contribution in [2.45, 2.75) is 12.6 Å². The molecule has 0 N–H and O–H groups in total. The van der Waals surface area contributed by atoms with E-state index >= 15 is 0 Å². The summed E-state index contributed by atoms with van der Waals surface area (Å²) in [5.41, 5.74) is -0.957. The summed E-state index contributed by atoms with van der Waals surface area (Å²) in [6, 6.07) is 3.23. The average molecular weight is 243 g/mol. The Balaban J connectivity index is 3.46. The molecule has 6 heteroatoms. The Bertz CT molecular complexity index is 475. The van der Waals surface area contributed by atoms with Gasteiger partial charge in [0, 0.05) is 0 Å². The molecule has 0 aliphatic rings. The van der Waals surface area contributed by atoms with Crippen molar-refractivity contribution in [2.75, 3.05) is 7.11 Å². The number of ether oxygens (including phenoxy) is 1. The monoisotopic (exact) mass is 243 g/mol. The zero-order chi connectivity index (χ0) is 13.1. The number of aldehydes is 1. The summed E-state index contributed by atoms with van der Waals surface area (Å²) in [4.78, 5) is 10.8. The highest BCUT2D eigenvalue weighted by atomic mass is 19.4. The molecule has 0 heterocycles. The smallest absolute Gasteiger partial charge is 0.416 e. The molecular weight excluding hydrogens is 235 g/mol. The van der Waals surface area contributed by atoms with E-state index < -0.39 is 11.7 Å². The summed E-state index contributed by atoms with van der Waals surface area (Å²) in [7, 11) is 1.17. The van der Waals surface area contributed by atoms with Crippen LogP contribution in [-0.2, 0) is 12.6 Å². The van der Waals surface area contributed by atoms with E-state index in [0.717, 1.165) is 12.1 Å². The number of nitrogens with zero attached hydrogens (tertiary/aromatic N) is 1. The first-order chi connectivity index (χ1) is 7.93. The van der Waals surface area contributed by atoms with Gasteiger partial charge in [0.15, 0.2) is 6.29 Å². The molecule has 1 aromatic rings. The number of carbonyl (C=O) groups is 1. The van der Waals surface area contributed by atoms with Gasteiger partial charge in [-0.3, -0.25) is 4.79 Å². The van der Waals surface area contributed by atoms with E-state index in [-0.39, 0.29) is 23.3 Å². The lowest BCUT2D eigenvalue weighted by molar-refractivity contribution is -0.137. The third-order valence-electron chi connectivity index (χ3n) is 2.16. The van der Waals surface area contributed by atoms with Crippen molar-refractivity contribution in [3.05, 3.63) is 28.8 Å². The van der Waals surface area contributed by atoms with E-state index in [9.17, 15) is 18.0 Å². The zero-order valence-corrected chi connectivity index (χ0v) is 8.84. The van der Waals surface area contributed by atoms with E-state index in [4.69, 9.17) is 10.00 Å². The predicted molar refractivity (Wildman–Crippen MR) is 52.7 cm³/mol. The molecule has 1 aromatic carbocycles. The Labute approximate surface area is 95.4 Å². The van der Waals surface area contributed by atoms with Gasteiger partial charge in [0.1, 0.15) is 5.75 Å². The maximum Gasteiger partial charge on any atom is 0.416 e. The maximum atomic E-state index is 12.5. The van der Waals surface area contributed by atoms with Gasteiger partial charge in [0.25, 0.3) is 0 Å². The molecule has 0 aromatic heterocycles. The van der Waals surface area contributed by atoms with E-state index in [1.165, 1.54) is 7.11 Å². The quantitative estimate of drug-likeness (QED) is 0.766. The van der Waals surface area contributed by atoms with Gasteiger partial charge in [-0.25, -0.2) is 0 Å². The van der Waals surface area contributed by atoms with Gasteiger partial charge < -0.3 is 4.74 Å². The number of hydrogen-bond donors (Lipinski definition) is 0. The molecule has 0 saturated carbocycles. The molecule has 0 aliphatic carbocycles.